The monoisotopic (exact) mass is 377 g/mol. The van der Waals surface area contributed by atoms with E-state index in [-0.39, 0.29) is 18.2 Å². The number of ether oxygens (including phenoxy) is 1. The summed E-state index contributed by atoms with van der Waals surface area (Å²) in [7, 11) is 1.76. The first-order chi connectivity index (χ1) is 12.2. The van der Waals surface area contributed by atoms with Crippen LogP contribution >= 0.6 is 12.4 Å². The molecule has 0 heterocycles. The lowest BCUT2D eigenvalue weighted by atomic mass is 9.82. The molecule has 2 aromatic rings. The molecule has 0 spiro atoms. The van der Waals surface area contributed by atoms with E-state index in [1.165, 1.54) is 30.0 Å². The zero-order chi connectivity index (χ0) is 17.6. The number of fused-ring (bicyclic) bond motifs is 1. The fourth-order valence-electron chi connectivity index (χ4n) is 3.96. The molecule has 0 saturated carbocycles. The van der Waals surface area contributed by atoms with Gasteiger partial charge in [-0.1, -0.05) is 31.2 Å². The largest absolute Gasteiger partial charge is 0.496 e. The second-order valence-electron chi connectivity index (χ2n) is 6.89. The molecular formula is C22H29ClFNO. The molecule has 0 amide bonds. The van der Waals surface area contributed by atoms with Crippen LogP contribution in [0.1, 0.15) is 42.4 Å². The van der Waals surface area contributed by atoms with Gasteiger partial charge < -0.3 is 9.64 Å². The molecule has 26 heavy (non-hydrogen) atoms. The van der Waals surface area contributed by atoms with Gasteiger partial charge >= 0.3 is 0 Å². The molecule has 2 nitrogen and oxygen atoms in total. The predicted octanol–water partition coefficient (Wildman–Crippen LogP) is 5.24. The zero-order valence-electron chi connectivity index (χ0n) is 15.7. The van der Waals surface area contributed by atoms with Crippen LogP contribution in [0.4, 0.5) is 4.39 Å². The highest BCUT2D eigenvalue weighted by Gasteiger charge is 2.24. The van der Waals surface area contributed by atoms with Crippen molar-refractivity contribution in [3.63, 3.8) is 0 Å². The van der Waals surface area contributed by atoms with Gasteiger partial charge in [-0.15, -0.1) is 12.4 Å². The Balaban J connectivity index is 0.00000243. The van der Waals surface area contributed by atoms with Crippen molar-refractivity contribution in [2.75, 3.05) is 26.7 Å². The van der Waals surface area contributed by atoms with E-state index in [9.17, 15) is 4.39 Å². The molecule has 1 aliphatic rings. The molecule has 0 saturated heterocycles. The molecule has 142 valence electrons. The summed E-state index contributed by atoms with van der Waals surface area (Å²) in [6, 6.07) is 13.4. The third-order valence-electron chi connectivity index (χ3n) is 5.34. The first-order valence-electron chi connectivity index (χ1n) is 9.33. The molecule has 0 radical (unpaired) electrons. The van der Waals surface area contributed by atoms with Crippen molar-refractivity contribution >= 4 is 12.4 Å². The van der Waals surface area contributed by atoms with Gasteiger partial charge in [0.05, 0.1) is 7.11 Å². The Morgan fingerprint density at radius 1 is 1.19 bits per heavy atom. The highest BCUT2D eigenvalue weighted by molar-refractivity contribution is 5.85. The standard InChI is InChI=1S/C22H28FNO.ClH/c1-3-24(14-13-17-7-4-9-19(23)15-17)16-18-8-5-11-21-20(18)10-6-12-22(21)25-2;/h4,6-7,9-10,12,15,18H,3,5,8,11,13-14,16H2,1-2H3;1H. The molecule has 3 rings (SSSR count). The lowest BCUT2D eigenvalue weighted by molar-refractivity contribution is 0.261. The Labute approximate surface area is 162 Å². The van der Waals surface area contributed by atoms with E-state index in [1.54, 1.807) is 19.2 Å². The molecule has 0 aliphatic heterocycles. The molecule has 0 fully saturated rings. The van der Waals surface area contributed by atoms with Crippen LogP contribution in [0.2, 0.25) is 0 Å². The summed E-state index contributed by atoms with van der Waals surface area (Å²) in [6.07, 6.45) is 4.46. The van der Waals surface area contributed by atoms with E-state index in [1.807, 2.05) is 6.07 Å². The molecule has 4 heteroatoms. The minimum absolute atomic E-state index is 0. The summed E-state index contributed by atoms with van der Waals surface area (Å²) in [6.45, 7) is 5.26. The first kappa shape index (κ1) is 20.7. The number of hydrogen-bond acceptors (Lipinski definition) is 2. The van der Waals surface area contributed by atoms with Gasteiger partial charge in [0, 0.05) is 13.1 Å². The van der Waals surface area contributed by atoms with Crippen molar-refractivity contribution < 1.29 is 9.13 Å². The quantitative estimate of drug-likeness (QED) is 0.654. The van der Waals surface area contributed by atoms with E-state index in [0.29, 0.717) is 5.92 Å². The van der Waals surface area contributed by atoms with Crippen LogP contribution in [0, 0.1) is 5.82 Å². The van der Waals surface area contributed by atoms with Gasteiger partial charge in [-0.2, -0.15) is 0 Å². The molecule has 0 N–H and O–H groups in total. The Morgan fingerprint density at radius 2 is 2.00 bits per heavy atom. The van der Waals surface area contributed by atoms with Crippen molar-refractivity contribution in [3.05, 3.63) is 65.0 Å². The van der Waals surface area contributed by atoms with E-state index in [0.717, 1.165) is 43.8 Å². The Kier molecular flexibility index (Phi) is 7.92. The summed E-state index contributed by atoms with van der Waals surface area (Å²) in [5.41, 5.74) is 3.92. The fraction of sp³-hybridized carbons (Fsp3) is 0.455. The summed E-state index contributed by atoms with van der Waals surface area (Å²) in [5, 5.41) is 0. The van der Waals surface area contributed by atoms with Gasteiger partial charge in [-0.05, 0) is 73.0 Å². The second-order valence-corrected chi connectivity index (χ2v) is 6.89. The van der Waals surface area contributed by atoms with Gasteiger partial charge in [0.2, 0.25) is 0 Å². The lowest BCUT2D eigenvalue weighted by Crippen LogP contribution is -2.32. The van der Waals surface area contributed by atoms with E-state index in [2.05, 4.69) is 30.0 Å². The SMILES string of the molecule is CCN(CCc1cccc(F)c1)CC1CCCc2c(OC)cccc21.Cl. The number of likely N-dealkylation sites (N-methyl/N-ethyl adjacent to an activating group) is 1. The average molecular weight is 378 g/mol. The van der Waals surface area contributed by atoms with Crippen LogP contribution in [0.25, 0.3) is 0 Å². The number of benzene rings is 2. The minimum Gasteiger partial charge on any atom is -0.496 e. The molecule has 1 aliphatic carbocycles. The van der Waals surface area contributed by atoms with Gasteiger partial charge in [0.25, 0.3) is 0 Å². The Morgan fingerprint density at radius 3 is 2.73 bits per heavy atom. The van der Waals surface area contributed by atoms with Crippen LogP contribution in [0.15, 0.2) is 42.5 Å². The van der Waals surface area contributed by atoms with Gasteiger partial charge in [-0.3, -0.25) is 0 Å². The lowest BCUT2D eigenvalue weighted by Gasteiger charge is -2.31. The van der Waals surface area contributed by atoms with Gasteiger partial charge in [0.15, 0.2) is 0 Å². The fourth-order valence-corrected chi connectivity index (χ4v) is 3.96. The maximum atomic E-state index is 13.4. The van der Waals surface area contributed by atoms with Crippen molar-refractivity contribution in [2.45, 2.75) is 38.5 Å². The molecule has 1 unspecified atom stereocenters. The van der Waals surface area contributed by atoms with Crippen LogP contribution in [-0.2, 0) is 12.8 Å². The topological polar surface area (TPSA) is 12.5 Å². The predicted molar refractivity (Wildman–Crippen MR) is 108 cm³/mol. The summed E-state index contributed by atoms with van der Waals surface area (Å²) < 4.78 is 18.9. The number of methoxy groups -OCH3 is 1. The maximum Gasteiger partial charge on any atom is 0.123 e. The number of rotatable bonds is 7. The molecule has 0 aromatic heterocycles. The minimum atomic E-state index is -0.145. The highest BCUT2D eigenvalue weighted by atomic mass is 35.5. The van der Waals surface area contributed by atoms with E-state index in [4.69, 9.17) is 4.74 Å². The van der Waals surface area contributed by atoms with Crippen molar-refractivity contribution in [2.24, 2.45) is 0 Å². The summed E-state index contributed by atoms with van der Waals surface area (Å²) >= 11 is 0. The number of hydrogen-bond donors (Lipinski definition) is 0. The van der Waals surface area contributed by atoms with E-state index < -0.39 is 0 Å². The maximum absolute atomic E-state index is 13.4. The molecule has 2 aromatic carbocycles. The highest BCUT2D eigenvalue weighted by Crippen LogP contribution is 2.37. The molecule has 0 bridgehead atoms. The van der Waals surface area contributed by atoms with Crippen LogP contribution in [0.5, 0.6) is 5.75 Å². The van der Waals surface area contributed by atoms with Crippen LogP contribution < -0.4 is 4.74 Å². The Bertz CT molecular complexity index is 706. The van der Waals surface area contributed by atoms with Crippen LogP contribution in [0.3, 0.4) is 0 Å². The third-order valence-corrected chi connectivity index (χ3v) is 5.34. The zero-order valence-corrected chi connectivity index (χ0v) is 16.5. The third kappa shape index (κ3) is 4.99. The summed E-state index contributed by atoms with van der Waals surface area (Å²) in [4.78, 5) is 2.49. The molecule has 1 atom stereocenters. The van der Waals surface area contributed by atoms with Gasteiger partial charge in [0.1, 0.15) is 11.6 Å². The number of halogens is 2. The second kappa shape index (κ2) is 9.94. The smallest absolute Gasteiger partial charge is 0.123 e. The van der Waals surface area contributed by atoms with Crippen molar-refractivity contribution in [1.29, 1.82) is 0 Å². The summed E-state index contributed by atoms with van der Waals surface area (Å²) in [5.74, 6) is 1.45. The Hall–Kier alpha value is -1.58. The van der Waals surface area contributed by atoms with Crippen molar-refractivity contribution in [1.82, 2.24) is 4.90 Å². The van der Waals surface area contributed by atoms with Gasteiger partial charge in [-0.25, -0.2) is 4.39 Å². The number of nitrogens with zero attached hydrogens (tertiary/aromatic N) is 1. The molecular weight excluding hydrogens is 349 g/mol. The van der Waals surface area contributed by atoms with Crippen molar-refractivity contribution in [3.8, 4) is 5.75 Å². The first-order valence-corrected chi connectivity index (χ1v) is 9.33. The van der Waals surface area contributed by atoms with E-state index >= 15 is 0 Å². The normalized spacial score (nSPS) is 16.1. The average Bonchev–Trinajstić information content (AvgIpc) is 2.64. The van der Waals surface area contributed by atoms with Crippen LogP contribution in [-0.4, -0.2) is 31.6 Å².